The fourth-order valence-corrected chi connectivity index (χ4v) is 5.76. The summed E-state index contributed by atoms with van der Waals surface area (Å²) in [6, 6.07) is 25.3. The van der Waals surface area contributed by atoms with E-state index in [1.54, 1.807) is 0 Å². The van der Waals surface area contributed by atoms with Crippen molar-refractivity contribution in [2.45, 2.75) is 70.7 Å². The van der Waals surface area contributed by atoms with E-state index in [1.165, 1.54) is 32.1 Å². The number of anilines is 1. The number of nitrogens with one attached hydrogen (secondary N) is 2. The van der Waals surface area contributed by atoms with E-state index in [-0.39, 0.29) is 30.8 Å². The standard InChI is InChI=1S/C34H43N3O4/c1-25-31(23-37-20-8-3-2-4-9-21-37)40-33(41-32(25)28-14-12-27(24-38)13-15-28)29-16-18-30(19-17-29)36-34(39)35-22-26-10-6-5-7-11-26/h5-7,10-19,25,31-33,38H,2-4,8-9,20-24H2,1H3,(H2,35,36,39). The van der Waals surface area contributed by atoms with Gasteiger partial charge in [0, 0.05) is 30.3 Å². The van der Waals surface area contributed by atoms with Crippen LogP contribution in [0.1, 0.15) is 73.7 Å². The third kappa shape index (κ3) is 8.17. The lowest BCUT2D eigenvalue weighted by molar-refractivity contribution is -0.276. The Hall–Kier alpha value is -3.23. The normalized spacial score (nSPS) is 23.8. The van der Waals surface area contributed by atoms with Crippen LogP contribution in [0, 0.1) is 5.92 Å². The Labute approximate surface area is 243 Å². The molecule has 2 heterocycles. The maximum atomic E-state index is 12.4. The Bertz CT molecular complexity index is 1210. The molecule has 0 aromatic heterocycles. The zero-order valence-electron chi connectivity index (χ0n) is 24.0. The van der Waals surface area contributed by atoms with Gasteiger partial charge in [0.15, 0.2) is 6.29 Å². The highest BCUT2D eigenvalue weighted by Crippen LogP contribution is 2.42. The maximum absolute atomic E-state index is 12.4. The third-order valence-corrected chi connectivity index (χ3v) is 8.25. The number of amides is 2. The molecular formula is C34H43N3O4. The zero-order valence-corrected chi connectivity index (χ0v) is 24.0. The number of aliphatic hydroxyl groups excluding tert-OH is 1. The molecule has 2 aliphatic heterocycles. The van der Waals surface area contributed by atoms with Crippen LogP contribution in [0.3, 0.4) is 0 Å². The minimum Gasteiger partial charge on any atom is -0.392 e. The molecule has 41 heavy (non-hydrogen) atoms. The molecule has 2 amide bonds. The lowest BCUT2D eigenvalue weighted by Gasteiger charge is -2.43. The average molecular weight is 558 g/mol. The van der Waals surface area contributed by atoms with Crippen molar-refractivity contribution in [1.82, 2.24) is 10.2 Å². The number of carbonyl (C=O) groups excluding carboxylic acids is 1. The summed E-state index contributed by atoms with van der Waals surface area (Å²) in [5.41, 5.74) is 4.65. The van der Waals surface area contributed by atoms with Crippen molar-refractivity contribution in [3.63, 3.8) is 0 Å². The molecule has 0 aliphatic carbocycles. The lowest BCUT2D eigenvalue weighted by atomic mass is 9.89. The fraction of sp³-hybridized carbons (Fsp3) is 0.441. The number of likely N-dealkylation sites (tertiary alicyclic amines) is 1. The van der Waals surface area contributed by atoms with Gasteiger partial charge in [-0.1, -0.05) is 92.9 Å². The van der Waals surface area contributed by atoms with Gasteiger partial charge >= 0.3 is 6.03 Å². The van der Waals surface area contributed by atoms with Crippen LogP contribution in [-0.2, 0) is 22.6 Å². The first-order valence-electron chi connectivity index (χ1n) is 15.0. The van der Waals surface area contributed by atoms with Crippen LogP contribution >= 0.6 is 0 Å². The molecular weight excluding hydrogens is 514 g/mol. The summed E-state index contributed by atoms with van der Waals surface area (Å²) in [6.07, 6.45) is 5.77. The van der Waals surface area contributed by atoms with Crippen molar-refractivity contribution in [3.8, 4) is 0 Å². The van der Waals surface area contributed by atoms with Crippen molar-refractivity contribution < 1.29 is 19.4 Å². The number of aliphatic hydroxyl groups is 1. The third-order valence-electron chi connectivity index (χ3n) is 8.25. The molecule has 0 spiro atoms. The van der Waals surface area contributed by atoms with Gasteiger partial charge < -0.3 is 30.1 Å². The van der Waals surface area contributed by atoms with Gasteiger partial charge in [0.05, 0.1) is 18.8 Å². The minimum absolute atomic E-state index is 0.0114. The zero-order chi connectivity index (χ0) is 28.4. The van der Waals surface area contributed by atoms with E-state index in [1.807, 2.05) is 66.7 Å². The van der Waals surface area contributed by atoms with E-state index >= 15 is 0 Å². The quantitative estimate of drug-likeness (QED) is 0.292. The Morgan fingerprint density at radius 1 is 0.829 bits per heavy atom. The summed E-state index contributed by atoms with van der Waals surface area (Å²) in [5.74, 6) is 0.158. The second kappa shape index (κ2) is 14.6. The molecule has 7 nitrogen and oxygen atoms in total. The van der Waals surface area contributed by atoms with Gasteiger partial charge in [-0.3, -0.25) is 0 Å². The molecule has 3 aromatic rings. The molecule has 7 heteroatoms. The number of urea groups is 1. The van der Waals surface area contributed by atoms with Gasteiger partial charge in [-0.05, 0) is 54.8 Å². The van der Waals surface area contributed by atoms with E-state index in [0.717, 1.165) is 41.9 Å². The number of carbonyl (C=O) groups is 1. The lowest BCUT2D eigenvalue weighted by Crippen LogP contribution is -2.45. The van der Waals surface area contributed by atoms with Crippen LogP contribution in [-0.4, -0.2) is 41.8 Å². The largest absolute Gasteiger partial charge is 0.392 e. The van der Waals surface area contributed by atoms with Gasteiger partial charge in [0.2, 0.25) is 0 Å². The van der Waals surface area contributed by atoms with Crippen molar-refractivity contribution in [1.29, 1.82) is 0 Å². The molecule has 3 N–H and O–H groups in total. The molecule has 2 saturated heterocycles. The number of hydrogen-bond acceptors (Lipinski definition) is 5. The van der Waals surface area contributed by atoms with Crippen molar-refractivity contribution >= 4 is 11.7 Å². The number of nitrogens with zero attached hydrogens (tertiary/aromatic N) is 1. The summed E-state index contributed by atoms with van der Waals surface area (Å²) in [7, 11) is 0. The first kappa shape index (κ1) is 29.3. The van der Waals surface area contributed by atoms with Gasteiger partial charge in [0.1, 0.15) is 0 Å². The van der Waals surface area contributed by atoms with Gasteiger partial charge in [-0.15, -0.1) is 0 Å². The molecule has 2 fully saturated rings. The second-order valence-corrected chi connectivity index (χ2v) is 11.3. The van der Waals surface area contributed by atoms with Crippen LogP contribution in [0.5, 0.6) is 0 Å². The molecule has 4 atom stereocenters. The molecule has 2 aliphatic rings. The van der Waals surface area contributed by atoms with Crippen molar-refractivity contribution in [2.24, 2.45) is 5.92 Å². The highest BCUT2D eigenvalue weighted by molar-refractivity contribution is 5.89. The average Bonchev–Trinajstić information content (AvgIpc) is 2.99. The van der Waals surface area contributed by atoms with E-state index in [2.05, 4.69) is 34.6 Å². The Morgan fingerprint density at radius 2 is 1.49 bits per heavy atom. The minimum atomic E-state index is -0.519. The van der Waals surface area contributed by atoms with E-state index in [9.17, 15) is 9.90 Å². The first-order chi connectivity index (χ1) is 20.1. The topological polar surface area (TPSA) is 83.1 Å². The van der Waals surface area contributed by atoms with Gasteiger partial charge in [-0.25, -0.2) is 4.79 Å². The van der Waals surface area contributed by atoms with Crippen LogP contribution in [0.25, 0.3) is 0 Å². The first-order valence-corrected chi connectivity index (χ1v) is 15.0. The molecule has 3 aromatic carbocycles. The monoisotopic (exact) mass is 557 g/mol. The predicted molar refractivity (Wildman–Crippen MR) is 161 cm³/mol. The predicted octanol–water partition coefficient (Wildman–Crippen LogP) is 6.56. The summed E-state index contributed by atoms with van der Waals surface area (Å²) in [4.78, 5) is 15.0. The van der Waals surface area contributed by atoms with Gasteiger partial charge in [0.25, 0.3) is 0 Å². The van der Waals surface area contributed by atoms with Crippen LogP contribution in [0.15, 0.2) is 78.9 Å². The van der Waals surface area contributed by atoms with E-state index in [0.29, 0.717) is 12.2 Å². The molecule has 5 rings (SSSR count). The highest BCUT2D eigenvalue weighted by Gasteiger charge is 2.39. The van der Waals surface area contributed by atoms with E-state index in [4.69, 9.17) is 9.47 Å². The number of benzene rings is 3. The van der Waals surface area contributed by atoms with Crippen LogP contribution in [0.4, 0.5) is 10.5 Å². The molecule has 0 radical (unpaired) electrons. The number of rotatable bonds is 8. The summed E-state index contributed by atoms with van der Waals surface area (Å²) >= 11 is 0. The van der Waals surface area contributed by atoms with E-state index < -0.39 is 6.29 Å². The Balaban J connectivity index is 1.27. The highest BCUT2D eigenvalue weighted by atomic mass is 16.7. The van der Waals surface area contributed by atoms with Gasteiger partial charge in [-0.2, -0.15) is 0 Å². The molecule has 0 saturated carbocycles. The molecule has 4 unspecified atom stereocenters. The molecule has 218 valence electrons. The van der Waals surface area contributed by atoms with Crippen LogP contribution in [0.2, 0.25) is 0 Å². The van der Waals surface area contributed by atoms with Crippen LogP contribution < -0.4 is 10.6 Å². The number of ether oxygens (including phenoxy) is 2. The van der Waals surface area contributed by atoms with Crippen molar-refractivity contribution in [3.05, 3.63) is 101 Å². The van der Waals surface area contributed by atoms with Crippen molar-refractivity contribution in [2.75, 3.05) is 25.0 Å². The smallest absolute Gasteiger partial charge is 0.319 e. The second-order valence-electron chi connectivity index (χ2n) is 11.3. The maximum Gasteiger partial charge on any atom is 0.319 e. The Morgan fingerprint density at radius 3 is 2.17 bits per heavy atom. The molecule has 0 bridgehead atoms. The fourth-order valence-electron chi connectivity index (χ4n) is 5.76. The Kier molecular flexibility index (Phi) is 10.4. The summed E-state index contributed by atoms with van der Waals surface area (Å²) in [5, 5.41) is 15.3. The summed E-state index contributed by atoms with van der Waals surface area (Å²) in [6.45, 7) is 5.81. The SMILES string of the molecule is CC1C(CN2CCCCCCC2)OC(c2ccc(NC(=O)NCc3ccccc3)cc2)OC1c1ccc(CO)cc1. The number of hydrogen-bond donors (Lipinski definition) is 3. The summed E-state index contributed by atoms with van der Waals surface area (Å²) < 4.78 is 13.3.